The third-order valence-electron chi connectivity index (χ3n) is 4.03. The predicted molar refractivity (Wildman–Crippen MR) is 80.2 cm³/mol. The van der Waals surface area contributed by atoms with Crippen LogP contribution in [0.25, 0.3) is 0 Å². The Morgan fingerprint density at radius 3 is 2.45 bits per heavy atom. The minimum Gasteiger partial charge on any atom is -0.339 e. The lowest BCUT2D eigenvalue weighted by Gasteiger charge is -2.35. The second-order valence-corrected chi connectivity index (χ2v) is 7.62. The highest BCUT2D eigenvalue weighted by Gasteiger charge is 2.40. The molecule has 20 heavy (non-hydrogen) atoms. The van der Waals surface area contributed by atoms with Gasteiger partial charge in [-0.25, -0.2) is 13.1 Å². The summed E-state index contributed by atoms with van der Waals surface area (Å²) in [4.78, 5) is 14.2. The minimum absolute atomic E-state index is 0. The van der Waals surface area contributed by atoms with Crippen molar-refractivity contribution in [2.75, 3.05) is 19.3 Å². The van der Waals surface area contributed by atoms with Crippen molar-refractivity contribution >= 4 is 28.3 Å². The molecule has 2 aliphatic rings. The van der Waals surface area contributed by atoms with Gasteiger partial charge in [0, 0.05) is 19.1 Å². The van der Waals surface area contributed by atoms with Crippen molar-refractivity contribution in [3.8, 4) is 0 Å². The van der Waals surface area contributed by atoms with Crippen LogP contribution in [0.4, 0.5) is 0 Å². The molecule has 1 saturated carbocycles. The number of nitrogens with one attached hydrogen (secondary N) is 1. The Morgan fingerprint density at radius 2 is 1.90 bits per heavy atom. The van der Waals surface area contributed by atoms with Crippen LogP contribution in [0.5, 0.6) is 0 Å². The zero-order valence-electron chi connectivity index (χ0n) is 11.8. The van der Waals surface area contributed by atoms with Crippen molar-refractivity contribution in [1.82, 2.24) is 9.62 Å². The van der Waals surface area contributed by atoms with Crippen molar-refractivity contribution in [1.29, 1.82) is 0 Å². The van der Waals surface area contributed by atoms with E-state index >= 15 is 0 Å². The van der Waals surface area contributed by atoms with Crippen LogP contribution >= 0.6 is 12.4 Å². The summed E-state index contributed by atoms with van der Waals surface area (Å²) in [5.41, 5.74) is 5.50. The maximum atomic E-state index is 12.5. The number of carbonyl (C=O) groups excluding carboxylic acids is 1. The lowest BCUT2D eigenvalue weighted by atomic mass is 9.81. The molecule has 3 N–H and O–H groups in total. The predicted octanol–water partition coefficient (Wildman–Crippen LogP) is 0.220. The van der Waals surface area contributed by atoms with E-state index in [0.29, 0.717) is 19.5 Å². The number of amides is 1. The van der Waals surface area contributed by atoms with Crippen molar-refractivity contribution in [3.63, 3.8) is 0 Å². The summed E-state index contributed by atoms with van der Waals surface area (Å²) < 4.78 is 24.9. The average Bonchev–Trinajstić information content (AvgIpc) is 2.75. The summed E-state index contributed by atoms with van der Waals surface area (Å²) in [7, 11) is -3.22. The number of nitrogens with zero attached hydrogens (tertiary/aromatic N) is 1. The molecule has 6 nitrogen and oxygen atoms in total. The van der Waals surface area contributed by atoms with E-state index in [4.69, 9.17) is 5.73 Å². The summed E-state index contributed by atoms with van der Waals surface area (Å²) in [5, 5.41) is 0. The smallest absolute Gasteiger partial charge is 0.242 e. The molecule has 2 fully saturated rings. The van der Waals surface area contributed by atoms with Crippen LogP contribution in [0.2, 0.25) is 0 Å². The molecule has 0 aromatic rings. The van der Waals surface area contributed by atoms with Crippen molar-refractivity contribution in [3.05, 3.63) is 0 Å². The number of carbonyl (C=O) groups is 1. The van der Waals surface area contributed by atoms with E-state index in [2.05, 4.69) is 4.72 Å². The van der Waals surface area contributed by atoms with Crippen LogP contribution in [0.3, 0.4) is 0 Å². The van der Waals surface area contributed by atoms with Gasteiger partial charge in [-0.3, -0.25) is 4.79 Å². The zero-order valence-corrected chi connectivity index (χ0v) is 13.4. The highest BCUT2D eigenvalue weighted by atomic mass is 35.5. The van der Waals surface area contributed by atoms with Crippen LogP contribution in [0.15, 0.2) is 0 Å². The van der Waals surface area contributed by atoms with E-state index in [0.717, 1.165) is 38.4 Å². The molecule has 1 amide bonds. The molecule has 0 aromatic heterocycles. The maximum absolute atomic E-state index is 12.5. The third kappa shape index (κ3) is 4.31. The first-order valence-corrected chi connectivity index (χ1v) is 8.75. The molecule has 0 aromatic carbocycles. The Labute approximate surface area is 126 Å². The van der Waals surface area contributed by atoms with Gasteiger partial charge in [-0.1, -0.05) is 19.3 Å². The fraction of sp³-hybridized carbons (Fsp3) is 0.917. The van der Waals surface area contributed by atoms with Gasteiger partial charge in [0.15, 0.2) is 0 Å². The molecule has 1 heterocycles. The number of likely N-dealkylation sites (tertiary alicyclic amines) is 1. The van der Waals surface area contributed by atoms with Crippen LogP contribution in [0, 0.1) is 0 Å². The SMILES string of the molecule is CS(=O)(=O)NC1CCN(C(=O)C2(N)CCCCC2)C1.Cl. The topological polar surface area (TPSA) is 92.5 Å². The average molecular weight is 326 g/mol. The lowest BCUT2D eigenvalue weighted by molar-refractivity contribution is -0.137. The number of halogens is 1. The second kappa shape index (κ2) is 6.60. The van der Waals surface area contributed by atoms with Gasteiger partial charge in [0.1, 0.15) is 0 Å². The largest absolute Gasteiger partial charge is 0.339 e. The third-order valence-corrected chi connectivity index (χ3v) is 4.79. The van der Waals surface area contributed by atoms with Crippen molar-refractivity contribution in [2.24, 2.45) is 5.73 Å². The Morgan fingerprint density at radius 1 is 1.30 bits per heavy atom. The van der Waals surface area contributed by atoms with E-state index in [1.807, 2.05) is 0 Å². The molecule has 1 saturated heterocycles. The summed E-state index contributed by atoms with van der Waals surface area (Å²) in [5.74, 6) is -0.00926. The van der Waals surface area contributed by atoms with Gasteiger partial charge in [-0.05, 0) is 19.3 Å². The summed E-state index contributed by atoms with van der Waals surface area (Å²) in [6.45, 7) is 1.02. The molecular formula is C12H24ClN3O3S. The fourth-order valence-electron chi connectivity index (χ4n) is 3.06. The quantitative estimate of drug-likeness (QED) is 0.776. The summed E-state index contributed by atoms with van der Waals surface area (Å²) in [6.07, 6.45) is 6.43. The van der Waals surface area contributed by atoms with E-state index in [1.54, 1.807) is 4.90 Å². The Balaban J connectivity index is 0.00000200. The standard InChI is InChI=1S/C12H23N3O3S.ClH/c1-19(17,18)14-10-5-8-15(9-10)11(16)12(13)6-3-2-4-7-12;/h10,14H,2-9,13H2,1H3;1H. The Hall–Kier alpha value is -0.370. The second-order valence-electron chi connectivity index (χ2n) is 5.84. The summed E-state index contributed by atoms with van der Waals surface area (Å²) in [6, 6.07) is -0.175. The van der Waals surface area contributed by atoms with Gasteiger partial charge in [0.05, 0.1) is 11.8 Å². The van der Waals surface area contributed by atoms with Crippen molar-refractivity contribution in [2.45, 2.75) is 50.1 Å². The molecule has 0 spiro atoms. The Bertz CT molecular complexity index is 449. The van der Waals surface area contributed by atoms with Crippen LogP contribution < -0.4 is 10.5 Å². The van der Waals surface area contributed by atoms with Crippen LogP contribution in [0.1, 0.15) is 38.5 Å². The van der Waals surface area contributed by atoms with Crippen LogP contribution in [-0.4, -0.2) is 50.2 Å². The zero-order chi connectivity index (χ0) is 14.1. The molecule has 1 aliphatic heterocycles. The van der Waals surface area contributed by atoms with Crippen LogP contribution in [-0.2, 0) is 14.8 Å². The lowest BCUT2D eigenvalue weighted by Crippen LogP contribution is -2.56. The number of rotatable bonds is 3. The summed E-state index contributed by atoms with van der Waals surface area (Å²) >= 11 is 0. The molecular weight excluding hydrogens is 302 g/mol. The normalized spacial score (nSPS) is 26.1. The van der Waals surface area contributed by atoms with Gasteiger partial charge >= 0.3 is 0 Å². The van der Waals surface area contributed by atoms with E-state index in [1.165, 1.54) is 0 Å². The minimum atomic E-state index is -3.22. The molecule has 1 atom stereocenters. The van der Waals surface area contributed by atoms with Crippen molar-refractivity contribution < 1.29 is 13.2 Å². The first-order valence-electron chi connectivity index (χ1n) is 6.86. The van der Waals surface area contributed by atoms with Gasteiger partial charge in [0.25, 0.3) is 0 Å². The molecule has 2 rings (SSSR count). The molecule has 8 heteroatoms. The maximum Gasteiger partial charge on any atom is 0.242 e. The number of nitrogens with two attached hydrogens (primary N) is 1. The molecule has 0 radical (unpaired) electrons. The van der Waals surface area contributed by atoms with Gasteiger partial charge in [0.2, 0.25) is 15.9 Å². The van der Waals surface area contributed by atoms with Gasteiger partial charge < -0.3 is 10.6 Å². The molecule has 118 valence electrons. The fourth-order valence-corrected chi connectivity index (χ4v) is 3.85. The van der Waals surface area contributed by atoms with Gasteiger partial charge in [-0.15, -0.1) is 12.4 Å². The Kier molecular flexibility index (Phi) is 5.83. The first kappa shape index (κ1) is 17.7. The molecule has 0 bridgehead atoms. The molecule has 1 aliphatic carbocycles. The number of hydrogen-bond donors (Lipinski definition) is 2. The first-order chi connectivity index (χ1) is 8.80. The van der Waals surface area contributed by atoms with E-state index in [-0.39, 0.29) is 24.4 Å². The van der Waals surface area contributed by atoms with Gasteiger partial charge in [-0.2, -0.15) is 0 Å². The number of hydrogen-bond acceptors (Lipinski definition) is 4. The number of sulfonamides is 1. The molecule has 1 unspecified atom stereocenters. The highest BCUT2D eigenvalue weighted by molar-refractivity contribution is 7.88. The highest BCUT2D eigenvalue weighted by Crippen LogP contribution is 2.28. The monoisotopic (exact) mass is 325 g/mol. The van der Waals surface area contributed by atoms with E-state index in [9.17, 15) is 13.2 Å². The van der Waals surface area contributed by atoms with E-state index < -0.39 is 15.6 Å².